The highest BCUT2D eigenvalue weighted by Gasteiger charge is 2.21. The monoisotopic (exact) mass is 393 g/mol. The zero-order valence-corrected chi connectivity index (χ0v) is 18.0. The number of nitrogens with one attached hydrogen (secondary N) is 2. The second-order valence-corrected chi connectivity index (χ2v) is 9.30. The third-order valence-electron chi connectivity index (χ3n) is 6.03. The second-order valence-electron chi connectivity index (χ2n) is 7.96. The van der Waals surface area contributed by atoms with Crippen molar-refractivity contribution in [3.05, 3.63) is 42.2 Å². The van der Waals surface area contributed by atoms with Gasteiger partial charge in [-0.1, -0.05) is 20.3 Å². The molecule has 0 radical (unpaired) electrons. The molecule has 2 N–H and O–H groups in total. The molecule has 3 nitrogen and oxygen atoms in total. The third kappa shape index (κ3) is 4.07. The predicted molar refractivity (Wildman–Crippen MR) is 122 cm³/mol. The lowest BCUT2D eigenvalue weighted by Gasteiger charge is -2.30. The van der Waals surface area contributed by atoms with Crippen LogP contribution in [0.25, 0.3) is 22.2 Å². The van der Waals surface area contributed by atoms with Crippen molar-refractivity contribution in [2.45, 2.75) is 63.8 Å². The van der Waals surface area contributed by atoms with E-state index in [-0.39, 0.29) is 0 Å². The molecule has 0 saturated heterocycles. The van der Waals surface area contributed by atoms with Crippen molar-refractivity contribution >= 4 is 28.5 Å². The number of hydrogen-bond donors (Lipinski definition) is 2. The first kappa shape index (κ1) is 19.4. The highest BCUT2D eigenvalue weighted by molar-refractivity contribution is 7.99. The van der Waals surface area contributed by atoms with Gasteiger partial charge < -0.3 is 10.3 Å². The van der Waals surface area contributed by atoms with Gasteiger partial charge in [0.1, 0.15) is 5.65 Å². The minimum atomic E-state index is 0.580. The molecule has 1 aliphatic rings. The zero-order valence-electron chi connectivity index (χ0n) is 17.2. The number of anilines is 1. The summed E-state index contributed by atoms with van der Waals surface area (Å²) in [7, 11) is 0. The van der Waals surface area contributed by atoms with Crippen LogP contribution in [0.2, 0.25) is 0 Å². The summed E-state index contributed by atoms with van der Waals surface area (Å²) >= 11 is 1.90. The van der Waals surface area contributed by atoms with Crippen LogP contribution in [0, 0.1) is 12.8 Å². The smallest absolute Gasteiger partial charge is 0.138 e. The van der Waals surface area contributed by atoms with Crippen molar-refractivity contribution in [3.8, 4) is 11.1 Å². The molecule has 0 spiro atoms. The molecule has 0 atom stereocenters. The summed E-state index contributed by atoms with van der Waals surface area (Å²) in [6, 6.07) is 11.9. The molecular formula is C24H31N3S. The predicted octanol–water partition coefficient (Wildman–Crippen LogP) is 7.03. The van der Waals surface area contributed by atoms with Gasteiger partial charge in [0.25, 0.3) is 0 Å². The molecule has 0 amide bonds. The van der Waals surface area contributed by atoms with Gasteiger partial charge in [0.2, 0.25) is 0 Å². The Hall–Kier alpha value is -1.94. The lowest BCUT2D eigenvalue weighted by Crippen LogP contribution is -2.26. The van der Waals surface area contributed by atoms with Gasteiger partial charge in [-0.2, -0.15) is 0 Å². The molecule has 4 heteroatoms. The summed E-state index contributed by atoms with van der Waals surface area (Å²) in [6.45, 7) is 6.62. The minimum Gasteiger partial charge on any atom is -0.382 e. The van der Waals surface area contributed by atoms with E-state index in [1.807, 2.05) is 18.0 Å². The normalized spacial score (nSPS) is 19.8. The number of fused-ring (bicyclic) bond motifs is 1. The number of aromatic amines is 1. The minimum absolute atomic E-state index is 0.580. The number of hydrogen-bond acceptors (Lipinski definition) is 3. The number of thioether (sulfide) groups is 1. The van der Waals surface area contributed by atoms with Crippen molar-refractivity contribution in [1.29, 1.82) is 0 Å². The third-order valence-corrected chi connectivity index (χ3v) is 6.91. The van der Waals surface area contributed by atoms with Crippen LogP contribution in [0.3, 0.4) is 0 Å². The molecule has 0 bridgehead atoms. The Morgan fingerprint density at radius 2 is 1.89 bits per heavy atom. The maximum atomic E-state index is 4.66. The summed E-state index contributed by atoms with van der Waals surface area (Å²) in [4.78, 5) is 9.28. The molecule has 2 aromatic heterocycles. The molecule has 1 saturated carbocycles. The first-order valence-corrected chi connectivity index (χ1v) is 11.6. The average molecular weight is 394 g/mol. The quantitative estimate of drug-likeness (QED) is 0.442. The molecule has 1 fully saturated rings. The Morgan fingerprint density at radius 1 is 1.07 bits per heavy atom. The fourth-order valence-electron chi connectivity index (χ4n) is 4.45. The SMILES string of the molecule is CCSc1ccc(NC2CCC(CC)CC2)c(-c2cc(C)nc3[nH]ccc23)c1. The lowest BCUT2D eigenvalue weighted by atomic mass is 9.84. The standard InChI is InChI=1S/C24H31N3S/c1-4-17-6-8-18(9-7-17)27-23-11-10-19(28-5-2)15-22(23)21-14-16(3)26-24-20(21)12-13-25-24/h10-15,17-18,27H,4-9H2,1-3H3,(H,25,26). The van der Waals surface area contributed by atoms with Crippen molar-refractivity contribution in [1.82, 2.24) is 9.97 Å². The van der Waals surface area contributed by atoms with E-state index in [1.165, 1.54) is 59.2 Å². The van der Waals surface area contributed by atoms with E-state index in [1.54, 1.807) is 0 Å². The second kappa shape index (κ2) is 8.60. The highest BCUT2D eigenvalue weighted by atomic mass is 32.2. The summed E-state index contributed by atoms with van der Waals surface area (Å²) in [6.07, 6.45) is 8.57. The first-order valence-electron chi connectivity index (χ1n) is 10.7. The molecule has 148 valence electrons. The van der Waals surface area contributed by atoms with E-state index in [0.717, 1.165) is 23.0 Å². The number of H-pyrrole nitrogens is 1. The highest BCUT2D eigenvalue weighted by Crippen LogP contribution is 2.38. The number of rotatable bonds is 6. The van der Waals surface area contributed by atoms with Gasteiger partial charge >= 0.3 is 0 Å². The zero-order chi connectivity index (χ0) is 19.5. The van der Waals surface area contributed by atoms with Crippen LogP contribution in [0.4, 0.5) is 5.69 Å². The number of pyridine rings is 1. The maximum absolute atomic E-state index is 4.66. The average Bonchev–Trinajstić information content (AvgIpc) is 3.17. The van der Waals surface area contributed by atoms with Crippen molar-refractivity contribution in [2.75, 3.05) is 11.1 Å². The van der Waals surface area contributed by atoms with Gasteiger partial charge in [0, 0.05) is 39.5 Å². The largest absolute Gasteiger partial charge is 0.382 e. The summed E-state index contributed by atoms with van der Waals surface area (Å²) in [5, 5.41) is 5.09. The molecule has 28 heavy (non-hydrogen) atoms. The number of benzene rings is 1. The topological polar surface area (TPSA) is 40.7 Å². The van der Waals surface area contributed by atoms with Gasteiger partial charge in [-0.05, 0) is 80.2 Å². The van der Waals surface area contributed by atoms with Gasteiger partial charge in [-0.3, -0.25) is 0 Å². The van der Waals surface area contributed by atoms with Crippen LogP contribution < -0.4 is 5.32 Å². The number of aryl methyl sites for hydroxylation is 1. The van der Waals surface area contributed by atoms with Gasteiger partial charge in [0.05, 0.1) is 0 Å². The van der Waals surface area contributed by atoms with E-state index < -0.39 is 0 Å². The van der Waals surface area contributed by atoms with Crippen LogP contribution in [-0.4, -0.2) is 21.8 Å². The summed E-state index contributed by atoms with van der Waals surface area (Å²) in [5.74, 6) is 2.01. The van der Waals surface area contributed by atoms with Crippen LogP contribution in [-0.2, 0) is 0 Å². The Labute approximate surface area is 172 Å². The number of aromatic nitrogens is 2. The Balaban J connectivity index is 1.72. The first-order chi connectivity index (χ1) is 13.7. The Morgan fingerprint density at radius 3 is 2.64 bits per heavy atom. The van der Waals surface area contributed by atoms with E-state index in [2.05, 4.69) is 66.4 Å². The van der Waals surface area contributed by atoms with Crippen molar-refractivity contribution < 1.29 is 0 Å². The van der Waals surface area contributed by atoms with Crippen LogP contribution in [0.1, 0.15) is 51.6 Å². The molecule has 1 aliphatic carbocycles. The lowest BCUT2D eigenvalue weighted by molar-refractivity contribution is 0.330. The van der Waals surface area contributed by atoms with E-state index >= 15 is 0 Å². The van der Waals surface area contributed by atoms with Crippen LogP contribution in [0.5, 0.6) is 0 Å². The number of nitrogens with zero attached hydrogens (tertiary/aromatic N) is 1. The molecule has 1 aromatic carbocycles. The summed E-state index contributed by atoms with van der Waals surface area (Å²) < 4.78 is 0. The molecular weight excluding hydrogens is 362 g/mol. The maximum Gasteiger partial charge on any atom is 0.138 e. The van der Waals surface area contributed by atoms with E-state index in [4.69, 9.17) is 0 Å². The van der Waals surface area contributed by atoms with Crippen molar-refractivity contribution in [3.63, 3.8) is 0 Å². The van der Waals surface area contributed by atoms with E-state index in [9.17, 15) is 0 Å². The van der Waals surface area contributed by atoms with Gasteiger partial charge in [-0.15, -0.1) is 11.8 Å². The van der Waals surface area contributed by atoms with E-state index in [0.29, 0.717) is 6.04 Å². The Bertz CT molecular complexity index is 938. The summed E-state index contributed by atoms with van der Waals surface area (Å²) in [5.41, 5.74) is 5.84. The molecule has 4 rings (SSSR count). The molecule has 2 heterocycles. The molecule has 3 aromatic rings. The Kier molecular flexibility index (Phi) is 5.96. The fraction of sp³-hybridized carbons (Fsp3) is 0.458. The van der Waals surface area contributed by atoms with Crippen LogP contribution in [0.15, 0.2) is 41.4 Å². The molecule has 0 unspecified atom stereocenters. The fourth-order valence-corrected chi connectivity index (χ4v) is 5.15. The van der Waals surface area contributed by atoms with Crippen molar-refractivity contribution in [2.24, 2.45) is 5.92 Å². The van der Waals surface area contributed by atoms with Gasteiger partial charge in [-0.25, -0.2) is 4.98 Å². The molecule has 0 aliphatic heterocycles. The van der Waals surface area contributed by atoms with Gasteiger partial charge in [0.15, 0.2) is 0 Å². The van der Waals surface area contributed by atoms with Crippen LogP contribution >= 0.6 is 11.8 Å².